The highest BCUT2D eigenvalue weighted by atomic mass is 79.9. The minimum atomic E-state index is -1.65. The molecule has 2 aliphatic carbocycles. The number of imide groups is 2. The summed E-state index contributed by atoms with van der Waals surface area (Å²) in [7, 11) is 5.31. The molecule has 63 heavy (non-hydrogen) atoms. The standard InChI is InChI=1S/C47H38Br2ClFN6O6/c1-55(2)30-16-12-27(13-17-30)52-53-28-14-18-31(19-15-28)56-43(59)33-21-20-32-34(38(33)45(56)61)22-36-44(60)57(54-29-10-8-26(51)9-11-29)46(62)47(36,24-4-6-25(50)7-5-24)39(32)35-23-37(63-3)42(58)41(49)40(35)48/h4-20,23,33-34,36,38-39,54,58H,21-22H2,1-3H3. The van der Waals surface area contributed by atoms with E-state index in [1.807, 2.05) is 49.3 Å². The van der Waals surface area contributed by atoms with Crippen LogP contribution in [0, 0.1) is 29.5 Å². The summed E-state index contributed by atoms with van der Waals surface area (Å²) in [6.07, 6.45) is 2.15. The molecule has 12 nitrogen and oxygen atoms in total. The average molecular weight is 997 g/mol. The smallest absolute Gasteiger partial charge is 0.260 e. The van der Waals surface area contributed by atoms with Crippen LogP contribution in [0.5, 0.6) is 11.5 Å². The van der Waals surface area contributed by atoms with Crippen molar-refractivity contribution in [1.82, 2.24) is 5.01 Å². The van der Waals surface area contributed by atoms with Crippen LogP contribution < -0.4 is 20.0 Å². The quantitative estimate of drug-likeness (QED) is 0.0844. The number of nitrogens with one attached hydrogen (secondary N) is 1. The zero-order valence-corrected chi connectivity index (χ0v) is 37.9. The molecule has 2 heterocycles. The Morgan fingerprint density at radius 3 is 2.10 bits per heavy atom. The number of azo groups is 1. The van der Waals surface area contributed by atoms with Crippen molar-refractivity contribution in [3.05, 3.63) is 146 Å². The highest BCUT2D eigenvalue weighted by Crippen LogP contribution is 2.66. The fourth-order valence-electron chi connectivity index (χ4n) is 9.83. The summed E-state index contributed by atoms with van der Waals surface area (Å²) < 4.78 is 20.3. The maximum Gasteiger partial charge on any atom is 0.260 e. The lowest BCUT2D eigenvalue weighted by Gasteiger charge is -2.51. The number of anilines is 3. The maximum atomic E-state index is 15.5. The number of ether oxygens (including phenoxy) is 1. The Morgan fingerprint density at radius 2 is 1.48 bits per heavy atom. The van der Waals surface area contributed by atoms with Gasteiger partial charge in [-0.3, -0.25) is 29.5 Å². The number of hydrogen-bond donors (Lipinski definition) is 2. The van der Waals surface area contributed by atoms with E-state index in [-0.39, 0.29) is 34.7 Å². The largest absolute Gasteiger partial charge is 0.503 e. The number of aromatic hydroxyl groups is 1. The van der Waals surface area contributed by atoms with Gasteiger partial charge in [0.2, 0.25) is 11.8 Å². The second-order valence-electron chi connectivity index (χ2n) is 16.2. The highest BCUT2D eigenvalue weighted by molar-refractivity contribution is 9.13. The second kappa shape index (κ2) is 16.3. The molecule has 6 unspecified atom stereocenters. The van der Waals surface area contributed by atoms with Gasteiger partial charge >= 0.3 is 0 Å². The van der Waals surface area contributed by atoms with Crippen LogP contribution in [0.2, 0.25) is 5.02 Å². The predicted octanol–water partition coefficient (Wildman–Crippen LogP) is 10.4. The van der Waals surface area contributed by atoms with Crippen LogP contribution in [0.25, 0.3) is 0 Å². The molecule has 4 aliphatic rings. The third kappa shape index (κ3) is 6.91. The van der Waals surface area contributed by atoms with Crippen molar-refractivity contribution in [3.63, 3.8) is 0 Å². The normalized spacial score (nSPS) is 24.0. The van der Waals surface area contributed by atoms with Gasteiger partial charge in [0.05, 0.1) is 57.5 Å². The molecular weight excluding hydrogens is 959 g/mol. The molecule has 9 rings (SSSR count). The van der Waals surface area contributed by atoms with Gasteiger partial charge < -0.3 is 14.7 Å². The lowest BCUT2D eigenvalue weighted by molar-refractivity contribution is -0.138. The number of carbonyl (C=O) groups excluding carboxylic acids is 4. The van der Waals surface area contributed by atoms with Gasteiger partial charge in [0.1, 0.15) is 5.82 Å². The average Bonchev–Trinajstić information content (AvgIpc) is 3.66. The number of halogens is 4. The van der Waals surface area contributed by atoms with Crippen molar-refractivity contribution in [2.75, 3.05) is 36.4 Å². The van der Waals surface area contributed by atoms with E-state index in [4.69, 9.17) is 16.3 Å². The van der Waals surface area contributed by atoms with Gasteiger partial charge in [-0.05, 0) is 153 Å². The Labute approximate surface area is 383 Å². The number of phenols is 1. The molecule has 0 bridgehead atoms. The topological polar surface area (TPSA) is 144 Å². The Bertz CT molecular complexity index is 2750. The summed E-state index contributed by atoms with van der Waals surface area (Å²) in [6, 6.07) is 27.9. The molecule has 2 N–H and O–H groups in total. The zero-order valence-electron chi connectivity index (χ0n) is 33.9. The molecule has 6 atom stereocenters. The number of hydrazine groups is 1. The zero-order chi connectivity index (χ0) is 44.5. The molecule has 1 saturated carbocycles. The lowest BCUT2D eigenvalue weighted by atomic mass is 9.49. The lowest BCUT2D eigenvalue weighted by Crippen LogP contribution is -2.53. The Balaban J connectivity index is 1.14. The van der Waals surface area contributed by atoms with E-state index in [0.29, 0.717) is 48.9 Å². The fraction of sp³-hybridized carbons (Fsp3) is 0.234. The minimum absolute atomic E-state index is 0.0357. The number of amides is 4. The van der Waals surface area contributed by atoms with E-state index in [1.54, 1.807) is 54.6 Å². The molecule has 0 spiro atoms. The molecule has 4 amide bonds. The summed E-state index contributed by atoms with van der Waals surface area (Å²) in [5.74, 6) is -6.90. The van der Waals surface area contributed by atoms with Crippen molar-refractivity contribution in [2.24, 2.45) is 33.9 Å². The van der Waals surface area contributed by atoms with Crippen molar-refractivity contribution in [1.29, 1.82) is 0 Å². The van der Waals surface area contributed by atoms with Gasteiger partial charge in [-0.15, -0.1) is 0 Å². The second-order valence-corrected chi connectivity index (χ2v) is 18.2. The number of rotatable bonds is 9. The molecule has 0 radical (unpaired) electrons. The highest BCUT2D eigenvalue weighted by Gasteiger charge is 2.70. The van der Waals surface area contributed by atoms with Crippen molar-refractivity contribution >= 4 is 95.5 Å². The van der Waals surface area contributed by atoms with Crippen LogP contribution >= 0.6 is 43.5 Å². The first-order chi connectivity index (χ1) is 30.2. The molecule has 0 aromatic heterocycles. The van der Waals surface area contributed by atoms with Crippen LogP contribution in [-0.4, -0.2) is 54.9 Å². The van der Waals surface area contributed by atoms with E-state index >= 15 is 9.59 Å². The minimum Gasteiger partial charge on any atom is -0.503 e. The van der Waals surface area contributed by atoms with Gasteiger partial charge in [-0.25, -0.2) is 4.39 Å². The number of hydrogen-bond acceptors (Lipinski definition) is 10. The molecular formula is C47H38Br2ClFN6O6. The van der Waals surface area contributed by atoms with E-state index in [0.717, 1.165) is 10.7 Å². The Kier molecular flexibility index (Phi) is 11.0. The molecule has 320 valence electrons. The molecule has 2 aliphatic heterocycles. The molecule has 3 fully saturated rings. The Morgan fingerprint density at radius 1 is 0.841 bits per heavy atom. The number of allylic oxidation sites excluding steroid dienone is 2. The number of benzene rings is 5. The predicted molar refractivity (Wildman–Crippen MR) is 243 cm³/mol. The molecule has 2 saturated heterocycles. The summed E-state index contributed by atoms with van der Waals surface area (Å²) in [4.78, 5) is 63.1. The summed E-state index contributed by atoms with van der Waals surface area (Å²) in [5, 5.41) is 21.2. The first kappa shape index (κ1) is 42.4. The number of carbonyl (C=O) groups is 4. The van der Waals surface area contributed by atoms with Crippen LogP contribution in [-0.2, 0) is 24.6 Å². The van der Waals surface area contributed by atoms with Gasteiger partial charge in [0.15, 0.2) is 11.5 Å². The number of fused-ring (bicyclic) bond motifs is 4. The monoisotopic (exact) mass is 994 g/mol. The first-order valence-electron chi connectivity index (χ1n) is 20.0. The van der Waals surface area contributed by atoms with Crippen LogP contribution in [0.15, 0.2) is 134 Å². The van der Waals surface area contributed by atoms with Gasteiger partial charge in [-0.1, -0.05) is 35.4 Å². The SMILES string of the molecule is COc1cc(C2C3=CCC4C(=O)N(c5ccc(N=Nc6ccc(N(C)C)cc6)cc5)C(=O)C4C3CC3C(=O)N(Nc4ccc(F)cc4)C(=O)C32c2ccc(Cl)cc2)c(Br)c(Br)c1O. The summed E-state index contributed by atoms with van der Waals surface area (Å²) in [6.45, 7) is 0. The van der Waals surface area contributed by atoms with E-state index < -0.39 is 58.5 Å². The fourth-order valence-corrected chi connectivity index (χ4v) is 10.9. The van der Waals surface area contributed by atoms with Gasteiger partial charge in [-0.2, -0.15) is 15.2 Å². The van der Waals surface area contributed by atoms with E-state index in [2.05, 4.69) is 47.5 Å². The van der Waals surface area contributed by atoms with Crippen molar-refractivity contribution < 1.29 is 33.4 Å². The van der Waals surface area contributed by atoms with Crippen LogP contribution in [0.1, 0.15) is 29.9 Å². The van der Waals surface area contributed by atoms with Crippen LogP contribution in [0.3, 0.4) is 0 Å². The van der Waals surface area contributed by atoms with Crippen LogP contribution in [0.4, 0.5) is 32.8 Å². The Hall–Kier alpha value is -5.90. The maximum absolute atomic E-state index is 15.5. The van der Waals surface area contributed by atoms with E-state index in [1.165, 1.54) is 36.3 Å². The summed E-state index contributed by atoms with van der Waals surface area (Å²) in [5.41, 5.74) is 5.83. The van der Waals surface area contributed by atoms with Crippen molar-refractivity contribution in [2.45, 2.75) is 24.2 Å². The summed E-state index contributed by atoms with van der Waals surface area (Å²) >= 11 is 13.6. The van der Waals surface area contributed by atoms with Gasteiger partial charge in [0.25, 0.3) is 11.8 Å². The van der Waals surface area contributed by atoms with Gasteiger partial charge in [0, 0.05) is 35.2 Å². The van der Waals surface area contributed by atoms with Crippen molar-refractivity contribution in [3.8, 4) is 11.5 Å². The third-order valence-electron chi connectivity index (χ3n) is 12.7. The molecule has 5 aromatic rings. The molecule has 16 heteroatoms. The van der Waals surface area contributed by atoms with E-state index in [9.17, 15) is 19.1 Å². The molecule has 5 aromatic carbocycles. The number of methoxy groups -OCH3 is 1. The number of nitrogens with zero attached hydrogens (tertiary/aromatic N) is 5. The third-order valence-corrected chi connectivity index (χ3v) is 15.1. The first-order valence-corrected chi connectivity index (χ1v) is 22.0. The number of phenolic OH excluding ortho intramolecular Hbond substituents is 1.